The summed E-state index contributed by atoms with van der Waals surface area (Å²) in [6.07, 6.45) is 2.50. The van der Waals surface area contributed by atoms with Crippen LogP contribution < -0.4 is 10.6 Å². The average molecular weight is 394 g/mol. The molecule has 7 nitrogen and oxygen atoms in total. The molecule has 27 heavy (non-hydrogen) atoms. The monoisotopic (exact) mass is 394 g/mol. The molecular formula is C19H26N2O5S. The average Bonchev–Trinajstić information content (AvgIpc) is 2.67. The van der Waals surface area contributed by atoms with Gasteiger partial charge in [0.25, 0.3) is 5.91 Å². The van der Waals surface area contributed by atoms with Gasteiger partial charge in [0.2, 0.25) is 5.91 Å². The first-order valence-corrected chi connectivity index (χ1v) is 10.0. The van der Waals surface area contributed by atoms with Gasteiger partial charge in [0, 0.05) is 24.6 Å². The Morgan fingerprint density at radius 1 is 1.19 bits per heavy atom. The molecule has 0 heterocycles. The molecule has 0 aromatic heterocycles. The SMILES string of the molecule is COCCNC(=O)CSc1ccccc1C(=O)NC1CCC(C(=O)O)CC1. The quantitative estimate of drug-likeness (QED) is 0.437. The lowest BCUT2D eigenvalue weighted by Crippen LogP contribution is -2.38. The Kier molecular flexibility index (Phi) is 8.60. The molecule has 0 bridgehead atoms. The first-order chi connectivity index (χ1) is 13.0. The molecule has 0 atom stereocenters. The summed E-state index contributed by atoms with van der Waals surface area (Å²) in [6.45, 7) is 0.913. The van der Waals surface area contributed by atoms with E-state index in [4.69, 9.17) is 9.84 Å². The van der Waals surface area contributed by atoms with Crippen LogP contribution in [-0.2, 0) is 14.3 Å². The Morgan fingerprint density at radius 3 is 2.56 bits per heavy atom. The van der Waals surface area contributed by atoms with Crippen molar-refractivity contribution in [1.29, 1.82) is 0 Å². The third-order valence-electron chi connectivity index (χ3n) is 4.53. The third kappa shape index (κ3) is 6.88. The van der Waals surface area contributed by atoms with Crippen LogP contribution in [0.1, 0.15) is 36.0 Å². The molecule has 0 saturated heterocycles. The van der Waals surface area contributed by atoms with Crippen LogP contribution in [0.25, 0.3) is 0 Å². The van der Waals surface area contributed by atoms with E-state index in [-0.39, 0.29) is 29.5 Å². The van der Waals surface area contributed by atoms with Gasteiger partial charge in [-0.25, -0.2) is 0 Å². The minimum Gasteiger partial charge on any atom is -0.481 e. The third-order valence-corrected chi connectivity index (χ3v) is 5.60. The fraction of sp³-hybridized carbons (Fsp3) is 0.526. The summed E-state index contributed by atoms with van der Waals surface area (Å²) in [7, 11) is 1.57. The molecule has 0 spiro atoms. The summed E-state index contributed by atoms with van der Waals surface area (Å²) in [5.41, 5.74) is 0.535. The largest absolute Gasteiger partial charge is 0.481 e. The molecule has 1 aromatic rings. The Hall–Kier alpha value is -2.06. The zero-order valence-corrected chi connectivity index (χ0v) is 16.2. The molecule has 148 valence electrons. The highest BCUT2D eigenvalue weighted by Crippen LogP contribution is 2.26. The second-order valence-electron chi connectivity index (χ2n) is 6.49. The summed E-state index contributed by atoms with van der Waals surface area (Å²) in [5.74, 6) is -1.14. The summed E-state index contributed by atoms with van der Waals surface area (Å²) < 4.78 is 4.89. The molecule has 8 heteroatoms. The number of hydrogen-bond donors (Lipinski definition) is 3. The molecular weight excluding hydrogens is 368 g/mol. The van der Waals surface area contributed by atoms with Gasteiger partial charge < -0.3 is 20.5 Å². The van der Waals surface area contributed by atoms with Crippen molar-refractivity contribution in [1.82, 2.24) is 10.6 Å². The maximum atomic E-state index is 12.6. The number of rotatable bonds is 9. The number of benzene rings is 1. The van der Waals surface area contributed by atoms with Gasteiger partial charge in [-0.1, -0.05) is 12.1 Å². The first-order valence-electron chi connectivity index (χ1n) is 9.02. The molecule has 1 aliphatic rings. The lowest BCUT2D eigenvalue weighted by Gasteiger charge is -2.27. The molecule has 1 saturated carbocycles. The predicted molar refractivity (Wildman–Crippen MR) is 103 cm³/mol. The fourth-order valence-electron chi connectivity index (χ4n) is 3.01. The molecule has 1 aromatic carbocycles. The van der Waals surface area contributed by atoms with Gasteiger partial charge in [-0.3, -0.25) is 14.4 Å². The maximum Gasteiger partial charge on any atom is 0.306 e. The number of thioether (sulfide) groups is 1. The van der Waals surface area contributed by atoms with E-state index < -0.39 is 5.97 Å². The summed E-state index contributed by atoms with van der Waals surface area (Å²) >= 11 is 1.32. The van der Waals surface area contributed by atoms with Crippen molar-refractivity contribution >= 4 is 29.5 Å². The normalized spacial score (nSPS) is 19.3. The summed E-state index contributed by atoms with van der Waals surface area (Å²) in [6, 6.07) is 7.18. The fourth-order valence-corrected chi connectivity index (χ4v) is 3.89. The van der Waals surface area contributed by atoms with E-state index >= 15 is 0 Å². The number of carboxylic acid groups (broad SMARTS) is 1. The van der Waals surface area contributed by atoms with Crippen LogP contribution >= 0.6 is 11.8 Å². The van der Waals surface area contributed by atoms with Gasteiger partial charge in [-0.15, -0.1) is 11.8 Å². The van der Waals surface area contributed by atoms with Crippen molar-refractivity contribution in [2.24, 2.45) is 5.92 Å². The zero-order valence-electron chi connectivity index (χ0n) is 15.4. The minimum absolute atomic E-state index is 0.0106. The number of methoxy groups -OCH3 is 1. The lowest BCUT2D eigenvalue weighted by atomic mass is 9.86. The van der Waals surface area contributed by atoms with E-state index in [9.17, 15) is 14.4 Å². The van der Waals surface area contributed by atoms with Gasteiger partial charge in [0.05, 0.1) is 23.8 Å². The van der Waals surface area contributed by atoms with E-state index in [0.717, 1.165) is 4.90 Å². The van der Waals surface area contributed by atoms with Crippen LogP contribution in [0.15, 0.2) is 29.2 Å². The molecule has 2 amide bonds. The first kappa shape index (κ1) is 21.2. The van der Waals surface area contributed by atoms with Gasteiger partial charge in [0.1, 0.15) is 0 Å². The topological polar surface area (TPSA) is 105 Å². The number of ether oxygens (including phenoxy) is 1. The second-order valence-corrected chi connectivity index (χ2v) is 7.51. The standard InChI is InChI=1S/C19H26N2O5S/c1-26-11-10-20-17(22)12-27-16-5-3-2-4-15(16)18(23)21-14-8-6-13(7-9-14)19(24)25/h2-5,13-14H,6-12H2,1H3,(H,20,22)(H,21,23)(H,24,25). The number of nitrogens with one attached hydrogen (secondary N) is 2. The summed E-state index contributed by atoms with van der Waals surface area (Å²) in [5, 5.41) is 14.8. The van der Waals surface area contributed by atoms with Gasteiger partial charge in [-0.2, -0.15) is 0 Å². The lowest BCUT2D eigenvalue weighted by molar-refractivity contribution is -0.142. The van der Waals surface area contributed by atoms with Crippen LogP contribution in [0.2, 0.25) is 0 Å². The number of amides is 2. The van der Waals surface area contributed by atoms with E-state index in [0.29, 0.717) is 44.4 Å². The minimum atomic E-state index is -0.759. The molecule has 0 radical (unpaired) electrons. The molecule has 0 unspecified atom stereocenters. The van der Waals surface area contributed by atoms with Crippen molar-refractivity contribution in [3.05, 3.63) is 29.8 Å². The highest BCUT2D eigenvalue weighted by Gasteiger charge is 2.27. The van der Waals surface area contributed by atoms with Gasteiger partial charge in [0.15, 0.2) is 0 Å². The van der Waals surface area contributed by atoms with Gasteiger partial charge >= 0.3 is 5.97 Å². The second kappa shape index (κ2) is 10.9. The molecule has 1 aliphatic carbocycles. The Morgan fingerprint density at radius 2 is 1.89 bits per heavy atom. The Bertz CT molecular complexity index is 659. The Balaban J connectivity index is 1.87. The van der Waals surface area contributed by atoms with Crippen LogP contribution in [0, 0.1) is 5.92 Å². The number of carbonyl (C=O) groups excluding carboxylic acids is 2. The van der Waals surface area contributed by atoms with Crippen molar-refractivity contribution in [2.75, 3.05) is 26.0 Å². The van der Waals surface area contributed by atoms with Gasteiger partial charge in [-0.05, 0) is 37.8 Å². The Labute approximate surface area is 163 Å². The van der Waals surface area contributed by atoms with Crippen LogP contribution in [0.3, 0.4) is 0 Å². The van der Waals surface area contributed by atoms with E-state index in [1.165, 1.54) is 11.8 Å². The maximum absolute atomic E-state index is 12.6. The predicted octanol–water partition coefficient (Wildman–Crippen LogP) is 1.91. The molecule has 0 aliphatic heterocycles. The van der Waals surface area contributed by atoms with E-state index in [1.807, 2.05) is 12.1 Å². The molecule has 1 fully saturated rings. The highest BCUT2D eigenvalue weighted by atomic mass is 32.2. The number of hydrogen-bond acceptors (Lipinski definition) is 5. The van der Waals surface area contributed by atoms with Crippen molar-refractivity contribution in [3.8, 4) is 0 Å². The summed E-state index contributed by atoms with van der Waals surface area (Å²) in [4.78, 5) is 36.3. The smallest absolute Gasteiger partial charge is 0.306 e. The van der Waals surface area contributed by atoms with E-state index in [1.54, 1.807) is 19.2 Å². The van der Waals surface area contributed by atoms with Crippen molar-refractivity contribution in [2.45, 2.75) is 36.6 Å². The van der Waals surface area contributed by atoms with Crippen molar-refractivity contribution < 1.29 is 24.2 Å². The number of carbonyl (C=O) groups is 3. The number of aliphatic carboxylic acids is 1. The number of carboxylic acids is 1. The van der Waals surface area contributed by atoms with Crippen LogP contribution in [-0.4, -0.2) is 54.9 Å². The highest BCUT2D eigenvalue weighted by molar-refractivity contribution is 8.00. The molecule has 2 rings (SSSR count). The van der Waals surface area contributed by atoms with Crippen LogP contribution in [0.5, 0.6) is 0 Å². The van der Waals surface area contributed by atoms with E-state index in [2.05, 4.69) is 10.6 Å². The van der Waals surface area contributed by atoms with Crippen molar-refractivity contribution in [3.63, 3.8) is 0 Å². The zero-order chi connectivity index (χ0) is 19.6. The molecule has 3 N–H and O–H groups in total. The van der Waals surface area contributed by atoms with Crippen LogP contribution in [0.4, 0.5) is 0 Å².